The Morgan fingerprint density at radius 2 is 1.88 bits per heavy atom. The highest BCUT2D eigenvalue weighted by Gasteiger charge is 2.17. The zero-order valence-electron chi connectivity index (χ0n) is 9.48. The van der Waals surface area contributed by atoms with E-state index in [4.69, 9.17) is 4.74 Å². The van der Waals surface area contributed by atoms with E-state index in [1.54, 1.807) is 6.92 Å². The van der Waals surface area contributed by atoms with Crippen molar-refractivity contribution in [1.29, 1.82) is 0 Å². The molecule has 1 aliphatic heterocycles. The lowest BCUT2D eigenvalue weighted by atomic mass is 10.3. The van der Waals surface area contributed by atoms with Gasteiger partial charge in [-0.1, -0.05) is 0 Å². The van der Waals surface area contributed by atoms with E-state index in [1.807, 2.05) is 0 Å². The first-order valence-corrected chi connectivity index (χ1v) is 5.47. The summed E-state index contributed by atoms with van der Waals surface area (Å²) in [5.74, 6) is -0.204. The molecular formula is C10H17N2O4-. The molecule has 6 nitrogen and oxygen atoms in total. The third-order valence-corrected chi connectivity index (χ3v) is 2.57. The molecule has 16 heavy (non-hydrogen) atoms. The quantitative estimate of drug-likeness (QED) is 0.572. The molecule has 1 heterocycles. The van der Waals surface area contributed by atoms with Crippen LogP contribution in [-0.2, 0) is 9.53 Å². The van der Waals surface area contributed by atoms with Gasteiger partial charge in [0.1, 0.15) is 6.09 Å². The smallest absolute Gasteiger partial charge is 0.307 e. The molecule has 1 amide bonds. The third-order valence-electron chi connectivity index (χ3n) is 2.57. The molecule has 0 unspecified atom stereocenters. The maximum Gasteiger partial charge on any atom is 0.307 e. The number of nitrogens with zero attached hydrogens (tertiary/aromatic N) is 2. The Kier molecular flexibility index (Phi) is 5.04. The van der Waals surface area contributed by atoms with Crippen molar-refractivity contribution >= 4 is 12.1 Å². The molecular weight excluding hydrogens is 212 g/mol. The number of hydrogen-bond donors (Lipinski definition) is 0. The SMILES string of the molecule is CCOC(=O)CCN1CCN(C(=O)[O-])CC1. The summed E-state index contributed by atoms with van der Waals surface area (Å²) in [4.78, 5) is 25.0. The lowest BCUT2D eigenvalue weighted by molar-refractivity contribution is -0.266. The van der Waals surface area contributed by atoms with Crippen molar-refractivity contribution < 1.29 is 19.4 Å². The summed E-state index contributed by atoms with van der Waals surface area (Å²) in [7, 11) is 0. The van der Waals surface area contributed by atoms with Crippen LogP contribution in [0, 0.1) is 0 Å². The summed E-state index contributed by atoms with van der Waals surface area (Å²) in [6, 6.07) is 0. The maximum atomic E-state index is 11.1. The number of rotatable bonds is 4. The van der Waals surface area contributed by atoms with Gasteiger partial charge in [-0.3, -0.25) is 9.69 Å². The molecule has 1 aliphatic rings. The second-order valence-corrected chi connectivity index (χ2v) is 3.65. The van der Waals surface area contributed by atoms with Gasteiger partial charge in [0.15, 0.2) is 0 Å². The summed E-state index contributed by atoms with van der Waals surface area (Å²) in [5, 5.41) is 10.5. The number of ether oxygens (including phenoxy) is 1. The highest BCUT2D eigenvalue weighted by Crippen LogP contribution is 2.02. The number of carbonyl (C=O) groups is 2. The van der Waals surface area contributed by atoms with Crippen LogP contribution in [0.2, 0.25) is 0 Å². The molecule has 0 atom stereocenters. The Morgan fingerprint density at radius 3 is 2.38 bits per heavy atom. The molecule has 0 bridgehead atoms. The fourth-order valence-corrected chi connectivity index (χ4v) is 1.64. The highest BCUT2D eigenvalue weighted by atomic mass is 16.5. The normalized spacial score (nSPS) is 17.2. The van der Waals surface area contributed by atoms with Crippen LogP contribution in [0.1, 0.15) is 13.3 Å². The van der Waals surface area contributed by atoms with E-state index in [0.29, 0.717) is 45.8 Å². The third kappa shape index (κ3) is 4.06. The first kappa shape index (κ1) is 12.8. The van der Waals surface area contributed by atoms with E-state index < -0.39 is 6.09 Å². The molecule has 0 aromatic rings. The van der Waals surface area contributed by atoms with E-state index >= 15 is 0 Å². The lowest BCUT2D eigenvalue weighted by Crippen LogP contribution is -2.52. The zero-order chi connectivity index (χ0) is 12.0. The van der Waals surface area contributed by atoms with Gasteiger partial charge in [-0.15, -0.1) is 0 Å². The monoisotopic (exact) mass is 229 g/mol. The van der Waals surface area contributed by atoms with E-state index in [9.17, 15) is 14.7 Å². The number of hydrogen-bond acceptors (Lipinski definition) is 5. The topological polar surface area (TPSA) is 72.9 Å². The van der Waals surface area contributed by atoms with Crippen LogP contribution in [0.3, 0.4) is 0 Å². The van der Waals surface area contributed by atoms with Gasteiger partial charge in [-0.25, -0.2) is 0 Å². The van der Waals surface area contributed by atoms with Crippen molar-refractivity contribution in [2.75, 3.05) is 39.3 Å². The molecule has 0 radical (unpaired) electrons. The van der Waals surface area contributed by atoms with Crippen molar-refractivity contribution in [2.45, 2.75) is 13.3 Å². The minimum atomic E-state index is -1.12. The first-order chi connectivity index (χ1) is 7.63. The number of esters is 1. The van der Waals surface area contributed by atoms with E-state index in [2.05, 4.69) is 4.90 Å². The van der Waals surface area contributed by atoms with Crippen LogP contribution < -0.4 is 5.11 Å². The van der Waals surface area contributed by atoms with Gasteiger partial charge < -0.3 is 19.5 Å². The van der Waals surface area contributed by atoms with E-state index in [0.717, 1.165) is 0 Å². The Morgan fingerprint density at radius 1 is 1.25 bits per heavy atom. The molecule has 0 aromatic carbocycles. The van der Waals surface area contributed by atoms with Crippen LogP contribution in [0.4, 0.5) is 4.79 Å². The van der Waals surface area contributed by atoms with Gasteiger partial charge in [-0.2, -0.15) is 0 Å². The van der Waals surface area contributed by atoms with Crippen LogP contribution in [0.15, 0.2) is 0 Å². The maximum absolute atomic E-state index is 11.1. The average Bonchev–Trinajstić information content (AvgIpc) is 2.27. The first-order valence-electron chi connectivity index (χ1n) is 5.47. The highest BCUT2D eigenvalue weighted by molar-refractivity contribution is 5.69. The van der Waals surface area contributed by atoms with Crippen molar-refractivity contribution in [1.82, 2.24) is 9.80 Å². The van der Waals surface area contributed by atoms with Gasteiger partial charge in [0.2, 0.25) is 0 Å². The summed E-state index contributed by atoms with van der Waals surface area (Å²) in [6.45, 7) is 4.99. The average molecular weight is 229 g/mol. The van der Waals surface area contributed by atoms with Crippen LogP contribution in [-0.4, -0.2) is 61.2 Å². The van der Waals surface area contributed by atoms with Crippen molar-refractivity contribution in [3.05, 3.63) is 0 Å². The fraction of sp³-hybridized carbons (Fsp3) is 0.800. The number of piperazine rings is 1. The zero-order valence-corrected chi connectivity index (χ0v) is 9.48. The van der Waals surface area contributed by atoms with Crippen LogP contribution >= 0.6 is 0 Å². The Bertz CT molecular complexity index is 249. The predicted molar refractivity (Wildman–Crippen MR) is 54.7 cm³/mol. The van der Waals surface area contributed by atoms with Gasteiger partial charge in [0.25, 0.3) is 0 Å². The van der Waals surface area contributed by atoms with Crippen LogP contribution in [0.25, 0.3) is 0 Å². The molecule has 0 aromatic heterocycles. The Labute approximate surface area is 94.8 Å². The molecule has 0 N–H and O–H groups in total. The molecule has 1 saturated heterocycles. The van der Waals surface area contributed by atoms with Crippen LogP contribution in [0.5, 0.6) is 0 Å². The van der Waals surface area contributed by atoms with Crippen molar-refractivity contribution in [3.8, 4) is 0 Å². The molecule has 0 saturated carbocycles. The van der Waals surface area contributed by atoms with E-state index in [-0.39, 0.29) is 5.97 Å². The summed E-state index contributed by atoms with van der Waals surface area (Å²) >= 11 is 0. The minimum absolute atomic E-state index is 0.204. The molecule has 0 aliphatic carbocycles. The molecule has 0 spiro atoms. The minimum Gasteiger partial charge on any atom is -0.530 e. The Hall–Kier alpha value is -1.30. The number of amides is 1. The van der Waals surface area contributed by atoms with Gasteiger partial charge in [0, 0.05) is 32.7 Å². The van der Waals surface area contributed by atoms with Gasteiger partial charge in [0.05, 0.1) is 13.0 Å². The fourth-order valence-electron chi connectivity index (χ4n) is 1.64. The molecule has 1 fully saturated rings. The number of carbonyl (C=O) groups excluding carboxylic acids is 2. The van der Waals surface area contributed by atoms with Gasteiger partial charge >= 0.3 is 5.97 Å². The standard InChI is InChI=1S/C10H18N2O4/c1-2-16-9(13)3-4-11-5-7-12(8-6-11)10(14)15/h2-8H2,1H3,(H,14,15)/p-1. The lowest BCUT2D eigenvalue weighted by Gasteiger charge is -2.35. The predicted octanol–water partition coefficient (Wildman–Crippen LogP) is -1.10. The Balaban J connectivity index is 2.17. The second kappa shape index (κ2) is 6.32. The summed E-state index contributed by atoms with van der Waals surface area (Å²) < 4.78 is 4.81. The summed E-state index contributed by atoms with van der Waals surface area (Å²) in [5.41, 5.74) is 0. The second-order valence-electron chi connectivity index (χ2n) is 3.65. The van der Waals surface area contributed by atoms with Crippen molar-refractivity contribution in [2.24, 2.45) is 0 Å². The molecule has 92 valence electrons. The van der Waals surface area contributed by atoms with E-state index in [1.165, 1.54) is 4.90 Å². The van der Waals surface area contributed by atoms with Gasteiger partial charge in [-0.05, 0) is 6.92 Å². The summed E-state index contributed by atoms with van der Waals surface area (Å²) in [6.07, 6.45) is -0.760. The molecule has 1 rings (SSSR count). The molecule has 6 heteroatoms. The number of carboxylic acid groups (broad SMARTS) is 1. The van der Waals surface area contributed by atoms with Crippen molar-refractivity contribution in [3.63, 3.8) is 0 Å². The largest absolute Gasteiger partial charge is 0.530 e.